The summed E-state index contributed by atoms with van der Waals surface area (Å²) in [6.45, 7) is 3.72. The summed E-state index contributed by atoms with van der Waals surface area (Å²) in [5.74, 6) is -0.924. The van der Waals surface area contributed by atoms with Gasteiger partial charge in [0.2, 0.25) is 5.91 Å². The maximum absolute atomic E-state index is 12.4. The van der Waals surface area contributed by atoms with Crippen molar-refractivity contribution in [3.05, 3.63) is 59.1 Å². The van der Waals surface area contributed by atoms with Crippen LogP contribution in [0.15, 0.2) is 48.5 Å². The molecule has 1 aliphatic heterocycles. The summed E-state index contributed by atoms with van der Waals surface area (Å²) in [6, 6.07) is 13.5. The molecule has 29 heavy (non-hydrogen) atoms. The minimum Gasteiger partial charge on any atom is -0.491 e. The molecular weight excluding hydrogens is 394 g/mol. The van der Waals surface area contributed by atoms with E-state index in [2.05, 4.69) is 0 Å². The summed E-state index contributed by atoms with van der Waals surface area (Å²) in [5, 5.41) is 0.520. The lowest BCUT2D eigenvalue weighted by molar-refractivity contribution is -0.147. The lowest BCUT2D eigenvalue weighted by Gasteiger charge is -2.17. The number of anilines is 1. The molecule has 2 aromatic rings. The zero-order valence-electron chi connectivity index (χ0n) is 16.3. The molecule has 7 heteroatoms. The summed E-state index contributed by atoms with van der Waals surface area (Å²) < 4.78 is 10.7. The quantitative estimate of drug-likeness (QED) is 0.506. The van der Waals surface area contributed by atoms with E-state index < -0.39 is 11.9 Å². The summed E-state index contributed by atoms with van der Waals surface area (Å²) in [4.78, 5) is 38.4. The van der Waals surface area contributed by atoms with Crippen LogP contribution in [0.4, 0.5) is 5.69 Å². The maximum Gasteiger partial charge on any atom is 0.311 e. The van der Waals surface area contributed by atoms with Crippen LogP contribution in [0, 0.1) is 5.92 Å². The number of ketones is 1. The predicted octanol–water partition coefficient (Wildman–Crippen LogP) is 3.91. The smallest absolute Gasteiger partial charge is 0.311 e. The molecule has 6 nitrogen and oxygen atoms in total. The fourth-order valence-corrected chi connectivity index (χ4v) is 3.19. The van der Waals surface area contributed by atoms with Crippen molar-refractivity contribution in [3.63, 3.8) is 0 Å². The number of halogens is 1. The van der Waals surface area contributed by atoms with E-state index in [1.165, 1.54) is 0 Å². The highest BCUT2D eigenvalue weighted by molar-refractivity contribution is 6.30. The lowest BCUT2D eigenvalue weighted by atomic mass is 10.1. The Morgan fingerprint density at radius 2 is 1.76 bits per heavy atom. The second-order valence-electron chi connectivity index (χ2n) is 7.10. The zero-order valence-corrected chi connectivity index (χ0v) is 17.0. The van der Waals surface area contributed by atoms with E-state index >= 15 is 0 Å². The van der Waals surface area contributed by atoms with Gasteiger partial charge in [0, 0.05) is 29.2 Å². The number of rotatable bonds is 7. The Balaban J connectivity index is 1.55. The van der Waals surface area contributed by atoms with Crippen molar-refractivity contribution in [1.29, 1.82) is 0 Å². The molecule has 1 atom stereocenters. The van der Waals surface area contributed by atoms with E-state index in [0.717, 1.165) is 0 Å². The molecule has 1 aliphatic rings. The van der Waals surface area contributed by atoms with Gasteiger partial charge < -0.3 is 14.4 Å². The Hall–Kier alpha value is -2.86. The standard InChI is InChI=1S/C22H22ClNO5/c1-14(2)29-19-9-7-18(8-10-19)24-12-16(11-21(24)26)22(27)28-13-20(25)15-3-5-17(23)6-4-15/h3-10,14,16H,11-13H2,1-2H3/t16-/m0/s1. The number of hydrogen-bond acceptors (Lipinski definition) is 5. The average molecular weight is 416 g/mol. The van der Waals surface area contributed by atoms with Gasteiger partial charge in [-0.25, -0.2) is 0 Å². The van der Waals surface area contributed by atoms with Crippen LogP contribution in [0.1, 0.15) is 30.6 Å². The van der Waals surface area contributed by atoms with Gasteiger partial charge in [0.25, 0.3) is 0 Å². The number of carbonyl (C=O) groups excluding carboxylic acids is 3. The number of carbonyl (C=O) groups is 3. The average Bonchev–Trinajstić information content (AvgIpc) is 3.08. The van der Waals surface area contributed by atoms with Crippen LogP contribution in [0.3, 0.4) is 0 Å². The molecule has 0 N–H and O–H groups in total. The van der Waals surface area contributed by atoms with Crippen molar-refractivity contribution < 1.29 is 23.9 Å². The number of nitrogens with zero attached hydrogens (tertiary/aromatic N) is 1. The van der Waals surface area contributed by atoms with Gasteiger partial charge in [-0.2, -0.15) is 0 Å². The van der Waals surface area contributed by atoms with Crippen molar-refractivity contribution in [2.75, 3.05) is 18.1 Å². The van der Waals surface area contributed by atoms with Gasteiger partial charge in [-0.1, -0.05) is 11.6 Å². The molecule has 152 valence electrons. The Bertz CT molecular complexity index is 892. The predicted molar refractivity (Wildman–Crippen MR) is 109 cm³/mol. The van der Waals surface area contributed by atoms with Crippen LogP contribution in [0.5, 0.6) is 5.75 Å². The van der Waals surface area contributed by atoms with Crippen LogP contribution < -0.4 is 9.64 Å². The normalized spacial score (nSPS) is 16.2. The minimum atomic E-state index is -0.605. The molecule has 1 fully saturated rings. The highest BCUT2D eigenvalue weighted by Crippen LogP contribution is 2.27. The van der Waals surface area contributed by atoms with Gasteiger partial charge in [0.05, 0.1) is 12.0 Å². The van der Waals surface area contributed by atoms with Gasteiger partial charge in [0.15, 0.2) is 12.4 Å². The minimum absolute atomic E-state index is 0.0538. The van der Waals surface area contributed by atoms with Crippen molar-refractivity contribution in [3.8, 4) is 5.75 Å². The Labute approximate surface area is 174 Å². The summed E-state index contributed by atoms with van der Waals surface area (Å²) in [7, 11) is 0. The molecule has 1 heterocycles. The maximum atomic E-state index is 12.4. The number of benzene rings is 2. The molecule has 3 rings (SSSR count). The topological polar surface area (TPSA) is 72.9 Å². The molecule has 0 saturated carbocycles. The molecule has 0 aromatic heterocycles. The van der Waals surface area contributed by atoms with E-state index in [4.69, 9.17) is 21.1 Å². The monoisotopic (exact) mass is 415 g/mol. The number of amides is 1. The van der Waals surface area contributed by atoms with Gasteiger partial charge in [-0.15, -0.1) is 0 Å². The highest BCUT2D eigenvalue weighted by Gasteiger charge is 2.36. The molecule has 1 saturated heterocycles. The van der Waals surface area contributed by atoms with Gasteiger partial charge in [-0.3, -0.25) is 14.4 Å². The van der Waals surface area contributed by atoms with Crippen LogP contribution in [-0.4, -0.2) is 36.9 Å². The number of Topliss-reactive ketones (excluding diaryl/α,β-unsaturated/α-hetero) is 1. The van der Waals surface area contributed by atoms with Crippen LogP contribution in [0.25, 0.3) is 0 Å². The van der Waals surface area contributed by atoms with E-state index in [9.17, 15) is 14.4 Å². The first-order valence-corrected chi connectivity index (χ1v) is 9.74. The SMILES string of the molecule is CC(C)Oc1ccc(N2C[C@@H](C(=O)OCC(=O)c3ccc(Cl)cc3)CC2=O)cc1. The first kappa shape index (κ1) is 20.9. The van der Waals surface area contributed by atoms with Gasteiger partial charge in [-0.05, 0) is 62.4 Å². The van der Waals surface area contributed by atoms with E-state index in [-0.39, 0.29) is 37.4 Å². The third-order valence-electron chi connectivity index (χ3n) is 4.49. The molecule has 0 radical (unpaired) electrons. The summed E-state index contributed by atoms with van der Waals surface area (Å²) in [5.41, 5.74) is 1.11. The van der Waals surface area contributed by atoms with E-state index in [0.29, 0.717) is 22.0 Å². The molecule has 0 spiro atoms. The largest absolute Gasteiger partial charge is 0.491 e. The molecule has 2 aromatic carbocycles. The fraction of sp³-hybridized carbons (Fsp3) is 0.318. The molecule has 0 bridgehead atoms. The third-order valence-corrected chi connectivity index (χ3v) is 4.74. The first-order chi connectivity index (χ1) is 13.8. The molecule has 0 unspecified atom stereocenters. The second-order valence-corrected chi connectivity index (χ2v) is 7.54. The number of esters is 1. The fourth-order valence-electron chi connectivity index (χ4n) is 3.07. The highest BCUT2D eigenvalue weighted by atomic mass is 35.5. The Morgan fingerprint density at radius 1 is 1.10 bits per heavy atom. The Kier molecular flexibility index (Phi) is 6.54. The van der Waals surface area contributed by atoms with Crippen LogP contribution >= 0.6 is 11.6 Å². The van der Waals surface area contributed by atoms with Gasteiger partial charge >= 0.3 is 5.97 Å². The van der Waals surface area contributed by atoms with Crippen molar-refractivity contribution in [1.82, 2.24) is 0 Å². The number of hydrogen-bond donors (Lipinski definition) is 0. The van der Waals surface area contributed by atoms with Gasteiger partial charge in [0.1, 0.15) is 5.75 Å². The molecule has 1 amide bonds. The summed E-state index contributed by atoms with van der Waals surface area (Å²) >= 11 is 5.80. The van der Waals surface area contributed by atoms with E-state index in [1.807, 2.05) is 13.8 Å². The Morgan fingerprint density at radius 3 is 2.38 bits per heavy atom. The van der Waals surface area contributed by atoms with Crippen LogP contribution in [0.2, 0.25) is 5.02 Å². The first-order valence-electron chi connectivity index (χ1n) is 9.36. The number of ether oxygens (including phenoxy) is 2. The molecular formula is C22H22ClNO5. The third kappa shape index (κ3) is 5.35. The van der Waals surface area contributed by atoms with Crippen molar-refractivity contribution in [2.45, 2.75) is 26.4 Å². The second kappa shape index (κ2) is 9.09. The zero-order chi connectivity index (χ0) is 21.0. The molecule has 0 aliphatic carbocycles. The van der Waals surface area contributed by atoms with E-state index in [1.54, 1.807) is 53.4 Å². The van der Waals surface area contributed by atoms with Crippen LogP contribution in [-0.2, 0) is 14.3 Å². The lowest BCUT2D eigenvalue weighted by Crippen LogP contribution is -2.27. The van der Waals surface area contributed by atoms with Crippen molar-refractivity contribution in [2.24, 2.45) is 5.92 Å². The van der Waals surface area contributed by atoms with Crippen molar-refractivity contribution >= 4 is 34.9 Å². The summed E-state index contributed by atoms with van der Waals surface area (Å²) in [6.07, 6.45) is 0.113.